The third-order valence-electron chi connectivity index (χ3n) is 4.92. The number of hydrogen-bond acceptors (Lipinski definition) is 4. The smallest absolute Gasteiger partial charge is 0.520 e. The molecule has 0 spiro atoms. The highest BCUT2D eigenvalue weighted by Gasteiger charge is 2.26. The fraction of sp³-hybridized carbons (Fsp3) is 0.708. The Hall–Kier alpha value is -1.20. The first-order valence-corrected chi connectivity index (χ1v) is 11.8. The SMILES string of the molecule is CCCCCCCCCCCC[S-].C[N+](C)(C)C(=O)Oc1cccc2c1OCC2. The van der Waals surface area contributed by atoms with Gasteiger partial charge in [-0.3, -0.25) is 0 Å². The lowest BCUT2D eigenvalue weighted by atomic mass is 10.1. The Morgan fingerprint density at radius 3 is 2.14 bits per heavy atom. The molecule has 1 aromatic rings. The van der Waals surface area contributed by atoms with Crippen LogP contribution in [0.5, 0.6) is 11.5 Å². The number of nitrogens with zero attached hydrogens (tertiary/aromatic N) is 1. The number of benzene rings is 1. The summed E-state index contributed by atoms with van der Waals surface area (Å²) in [5.74, 6) is 2.19. The highest BCUT2D eigenvalue weighted by Crippen LogP contribution is 2.35. The standard InChI is InChI=1S/C12H16NO3.C12H26S/c1-13(2,3)12(14)16-10-6-4-5-9-7-8-15-11(9)10;1-2-3-4-5-6-7-8-9-10-11-12-13/h4-6H,7-8H2,1-3H3;13H,2-12H2,1H3/q+1;/p-1. The van der Waals surface area contributed by atoms with Gasteiger partial charge in [0.15, 0.2) is 11.5 Å². The molecule has 0 unspecified atom stereocenters. The van der Waals surface area contributed by atoms with E-state index in [1.807, 2.05) is 12.1 Å². The number of hydrogen-bond donors (Lipinski definition) is 0. The normalized spacial score (nSPS) is 12.6. The average molecular weight is 424 g/mol. The molecule has 0 fully saturated rings. The molecule has 5 heteroatoms. The van der Waals surface area contributed by atoms with Crippen LogP contribution in [0.4, 0.5) is 4.79 Å². The Balaban J connectivity index is 0.000000298. The van der Waals surface area contributed by atoms with Gasteiger partial charge in [-0.25, -0.2) is 4.48 Å². The molecular formula is C24H41NO3S. The number of quaternary nitrogens is 1. The van der Waals surface area contributed by atoms with Gasteiger partial charge in [-0.15, -0.1) is 0 Å². The van der Waals surface area contributed by atoms with Gasteiger partial charge in [-0.05, 0) is 6.07 Å². The lowest BCUT2D eigenvalue weighted by Crippen LogP contribution is -2.43. The maximum atomic E-state index is 11.7. The van der Waals surface area contributed by atoms with Gasteiger partial charge < -0.3 is 22.1 Å². The second-order valence-corrected chi connectivity index (χ2v) is 9.02. The summed E-state index contributed by atoms with van der Waals surface area (Å²) >= 11 is 4.90. The summed E-state index contributed by atoms with van der Waals surface area (Å²) in [5.41, 5.74) is 1.10. The molecule has 1 heterocycles. The molecule has 1 aliphatic rings. The zero-order valence-electron chi connectivity index (χ0n) is 19.0. The minimum Gasteiger partial charge on any atom is -0.793 e. The molecule has 0 radical (unpaired) electrons. The number of rotatable bonds is 11. The van der Waals surface area contributed by atoms with Crippen molar-refractivity contribution < 1.29 is 18.8 Å². The molecule has 2 rings (SSSR count). The molecule has 1 amide bonds. The van der Waals surface area contributed by atoms with Gasteiger partial charge in [0.05, 0.1) is 27.7 Å². The molecule has 29 heavy (non-hydrogen) atoms. The summed E-state index contributed by atoms with van der Waals surface area (Å²) in [7, 11) is 5.31. The molecule has 0 saturated heterocycles. The van der Waals surface area contributed by atoms with Gasteiger partial charge in [-0.1, -0.05) is 83.3 Å². The monoisotopic (exact) mass is 423 g/mol. The Kier molecular flexibility index (Phi) is 13.1. The van der Waals surface area contributed by atoms with Gasteiger partial charge in [0.2, 0.25) is 0 Å². The quantitative estimate of drug-likeness (QED) is 0.238. The van der Waals surface area contributed by atoms with Crippen LogP contribution in [0.3, 0.4) is 0 Å². The van der Waals surface area contributed by atoms with Crippen molar-refractivity contribution in [3.05, 3.63) is 23.8 Å². The number of ether oxygens (including phenoxy) is 2. The van der Waals surface area contributed by atoms with Crippen molar-refractivity contribution in [3.63, 3.8) is 0 Å². The lowest BCUT2D eigenvalue weighted by Gasteiger charge is -2.19. The largest absolute Gasteiger partial charge is 0.793 e. The van der Waals surface area contributed by atoms with Gasteiger partial charge in [0, 0.05) is 12.0 Å². The van der Waals surface area contributed by atoms with Crippen molar-refractivity contribution in [2.45, 2.75) is 77.6 Å². The van der Waals surface area contributed by atoms with E-state index in [0.29, 0.717) is 18.1 Å². The van der Waals surface area contributed by atoms with E-state index < -0.39 is 0 Å². The second kappa shape index (κ2) is 14.7. The zero-order chi connectivity index (χ0) is 21.5. The first-order chi connectivity index (χ1) is 13.9. The first kappa shape index (κ1) is 25.8. The van der Waals surface area contributed by atoms with Crippen LogP contribution in [-0.2, 0) is 19.0 Å². The molecule has 0 atom stereocenters. The summed E-state index contributed by atoms with van der Waals surface area (Å²) in [5, 5.41) is 0. The van der Waals surface area contributed by atoms with E-state index in [4.69, 9.17) is 22.1 Å². The van der Waals surface area contributed by atoms with E-state index >= 15 is 0 Å². The van der Waals surface area contributed by atoms with Crippen LogP contribution in [0.1, 0.15) is 76.7 Å². The maximum Gasteiger partial charge on any atom is 0.520 e. The topological polar surface area (TPSA) is 35.5 Å². The number of carbonyl (C=O) groups excluding carboxylic acids is 1. The minimum absolute atomic E-state index is 0.129. The van der Waals surface area contributed by atoms with Crippen molar-refractivity contribution in [2.24, 2.45) is 0 Å². The first-order valence-electron chi connectivity index (χ1n) is 11.3. The fourth-order valence-corrected chi connectivity index (χ4v) is 3.29. The Labute approximate surface area is 184 Å². The summed E-state index contributed by atoms with van der Waals surface area (Å²) in [4.78, 5) is 11.7. The molecule has 0 aliphatic carbocycles. The lowest BCUT2D eigenvalue weighted by molar-refractivity contribution is -0.793. The number of amides is 1. The number of fused-ring (bicyclic) bond motifs is 1. The fourth-order valence-electron chi connectivity index (χ4n) is 3.09. The molecule has 0 aromatic heterocycles. The van der Waals surface area contributed by atoms with Gasteiger partial charge in [-0.2, -0.15) is 10.5 Å². The van der Waals surface area contributed by atoms with E-state index in [-0.39, 0.29) is 10.6 Å². The summed E-state index contributed by atoms with van der Waals surface area (Å²) < 4.78 is 10.9. The van der Waals surface area contributed by atoms with Crippen molar-refractivity contribution in [3.8, 4) is 11.5 Å². The molecule has 166 valence electrons. The predicted octanol–water partition coefficient (Wildman–Crippen LogP) is 6.28. The highest BCUT2D eigenvalue weighted by atomic mass is 32.1. The molecule has 1 aliphatic heterocycles. The molecular weight excluding hydrogens is 382 g/mol. The average Bonchev–Trinajstić information content (AvgIpc) is 3.16. The van der Waals surface area contributed by atoms with E-state index in [0.717, 1.165) is 17.7 Å². The summed E-state index contributed by atoms with van der Waals surface area (Å²) in [6.07, 6.45) is 14.6. The van der Waals surface area contributed by atoms with E-state index in [9.17, 15) is 4.79 Å². The Morgan fingerprint density at radius 2 is 1.59 bits per heavy atom. The van der Waals surface area contributed by atoms with Crippen molar-refractivity contribution in [1.29, 1.82) is 0 Å². The third kappa shape index (κ3) is 10.9. The van der Waals surface area contributed by atoms with Crippen LogP contribution in [0, 0.1) is 0 Å². The van der Waals surface area contributed by atoms with Crippen molar-refractivity contribution in [1.82, 2.24) is 0 Å². The molecule has 0 bridgehead atoms. The number of unbranched alkanes of at least 4 members (excludes halogenated alkanes) is 9. The van der Waals surface area contributed by atoms with Crippen molar-refractivity contribution in [2.75, 3.05) is 33.5 Å². The molecule has 1 aromatic carbocycles. The minimum atomic E-state index is -0.302. The Bertz CT molecular complexity index is 574. The van der Waals surface area contributed by atoms with Gasteiger partial charge >= 0.3 is 6.09 Å². The van der Waals surface area contributed by atoms with E-state index in [2.05, 4.69) is 6.92 Å². The molecule has 4 nitrogen and oxygen atoms in total. The zero-order valence-corrected chi connectivity index (χ0v) is 19.8. The van der Waals surface area contributed by atoms with Gasteiger partial charge in [0.1, 0.15) is 0 Å². The summed E-state index contributed by atoms with van der Waals surface area (Å²) in [6.45, 7) is 2.93. The van der Waals surface area contributed by atoms with Crippen LogP contribution in [-0.4, -0.2) is 44.1 Å². The third-order valence-corrected chi connectivity index (χ3v) is 5.21. The summed E-state index contributed by atoms with van der Waals surface area (Å²) in [6, 6.07) is 5.63. The highest BCUT2D eigenvalue weighted by molar-refractivity contribution is 7.58. The van der Waals surface area contributed by atoms with Crippen LogP contribution in [0.2, 0.25) is 0 Å². The number of para-hydroxylation sites is 1. The van der Waals surface area contributed by atoms with Gasteiger partial charge in [0.25, 0.3) is 0 Å². The second-order valence-electron chi connectivity index (χ2n) is 8.61. The van der Waals surface area contributed by atoms with Crippen LogP contribution in [0.25, 0.3) is 0 Å². The van der Waals surface area contributed by atoms with Crippen LogP contribution in [0.15, 0.2) is 18.2 Å². The maximum absolute atomic E-state index is 11.7. The Morgan fingerprint density at radius 1 is 1.00 bits per heavy atom. The number of carbonyl (C=O) groups is 1. The predicted molar refractivity (Wildman–Crippen MR) is 124 cm³/mol. The van der Waals surface area contributed by atoms with Crippen molar-refractivity contribution >= 4 is 18.7 Å². The molecule has 0 N–H and O–H groups in total. The van der Waals surface area contributed by atoms with Crippen LogP contribution < -0.4 is 9.47 Å². The van der Waals surface area contributed by atoms with Crippen LogP contribution >= 0.6 is 0 Å². The molecule has 0 saturated carbocycles. The van der Waals surface area contributed by atoms with E-state index in [1.165, 1.54) is 64.2 Å². The van der Waals surface area contributed by atoms with E-state index in [1.54, 1.807) is 27.2 Å².